The molecule has 0 fully saturated rings. The number of anilines is 1. The van der Waals surface area contributed by atoms with Gasteiger partial charge in [0.2, 0.25) is 0 Å². The van der Waals surface area contributed by atoms with Gasteiger partial charge in [0.05, 0.1) is 13.3 Å². The maximum Gasteiger partial charge on any atom is 0.343 e. The molecule has 0 saturated heterocycles. The monoisotopic (exact) mass is 232 g/mol. The van der Waals surface area contributed by atoms with Gasteiger partial charge in [0.15, 0.2) is 5.82 Å². The Bertz CT molecular complexity index is 545. The Morgan fingerprint density at radius 2 is 2.18 bits per heavy atom. The summed E-state index contributed by atoms with van der Waals surface area (Å²) in [5, 5.41) is 4.01. The number of aryl methyl sites for hydroxylation is 1. The Hall–Kier alpha value is -2.37. The molecule has 17 heavy (non-hydrogen) atoms. The van der Waals surface area contributed by atoms with Gasteiger partial charge in [-0.1, -0.05) is 6.07 Å². The third-order valence-corrected chi connectivity index (χ3v) is 2.32. The number of esters is 1. The molecule has 2 aromatic heterocycles. The Morgan fingerprint density at radius 1 is 1.41 bits per heavy atom. The zero-order chi connectivity index (χ0) is 12.4. The summed E-state index contributed by atoms with van der Waals surface area (Å²) in [5.41, 5.74) is 7.08. The lowest BCUT2D eigenvalue weighted by Crippen LogP contribution is -2.08. The second-order valence-corrected chi connectivity index (χ2v) is 3.54. The first-order valence-corrected chi connectivity index (χ1v) is 4.98. The van der Waals surface area contributed by atoms with Gasteiger partial charge in [-0.3, -0.25) is 0 Å². The number of pyridine rings is 1. The average molecular weight is 232 g/mol. The first-order valence-electron chi connectivity index (χ1n) is 4.98. The van der Waals surface area contributed by atoms with Crippen molar-refractivity contribution < 1.29 is 9.53 Å². The Kier molecular flexibility index (Phi) is 2.78. The van der Waals surface area contributed by atoms with Crippen molar-refractivity contribution in [3.63, 3.8) is 0 Å². The zero-order valence-corrected chi connectivity index (χ0v) is 9.54. The van der Waals surface area contributed by atoms with Crippen LogP contribution in [0.1, 0.15) is 15.9 Å². The van der Waals surface area contributed by atoms with Gasteiger partial charge >= 0.3 is 5.97 Å². The number of carbonyl (C=O) groups is 1. The van der Waals surface area contributed by atoms with Crippen LogP contribution in [0.15, 0.2) is 24.5 Å². The summed E-state index contributed by atoms with van der Waals surface area (Å²) in [6, 6.07) is 3.67. The molecule has 0 amide bonds. The van der Waals surface area contributed by atoms with E-state index in [1.54, 1.807) is 12.3 Å². The number of aromatic nitrogens is 3. The van der Waals surface area contributed by atoms with Gasteiger partial charge in [-0.05, 0) is 18.6 Å². The van der Waals surface area contributed by atoms with E-state index in [0.29, 0.717) is 5.82 Å². The molecule has 0 radical (unpaired) electrons. The van der Waals surface area contributed by atoms with E-state index in [4.69, 9.17) is 5.73 Å². The van der Waals surface area contributed by atoms with E-state index in [1.807, 2.05) is 13.0 Å². The predicted molar refractivity (Wildman–Crippen MR) is 61.8 cm³/mol. The van der Waals surface area contributed by atoms with Crippen LogP contribution in [0.2, 0.25) is 0 Å². The molecular weight excluding hydrogens is 220 g/mol. The zero-order valence-electron chi connectivity index (χ0n) is 9.54. The molecule has 0 aliphatic carbocycles. The summed E-state index contributed by atoms with van der Waals surface area (Å²) in [5.74, 6) is 0.261. The Morgan fingerprint density at radius 3 is 2.76 bits per heavy atom. The van der Waals surface area contributed by atoms with Crippen LogP contribution in [-0.2, 0) is 4.74 Å². The largest absolute Gasteiger partial charge is 0.465 e. The third-order valence-electron chi connectivity index (χ3n) is 2.32. The van der Waals surface area contributed by atoms with Gasteiger partial charge in [-0.2, -0.15) is 9.78 Å². The Labute approximate surface area is 98.0 Å². The van der Waals surface area contributed by atoms with Crippen LogP contribution in [0.3, 0.4) is 0 Å². The highest BCUT2D eigenvalue weighted by Gasteiger charge is 2.16. The smallest absolute Gasteiger partial charge is 0.343 e. The van der Waals surface area contributed by atoms with Gasteiger partial charge in [0, 0.05) is 6.20 Å². The van der Waals surface area contributed by atoms with Crippen molar-refractivity contribution in [2.24, 2.45) is 0 Å². The number of nitrogens with zero attached hydrogens (tertiary/aromatic N) is 3. The number of rotatable bonds is 2. The lowest BCUT2D eigenvalue weighted by atomic mass is 10.3. The summed E-state index contributed by atoms with van der Waals surface area (Å²) in [7, 11) is 1.29. The highest BCUT2D eigenvalue weighted by atomic mass is 16.5. The number of carbonyl (C=O) groups excluding carboxylic acids is 1. The minimum Gasteiger partial charge on any atom is -0.465 e. The van der Waals surface area contributed by atoms with Crippen LogP contribution in [0, 0.1) is 6.92 Å². The molecule has 0 atom stereocenters. The standard InChI is InChI=1S/C11H12N4O2/c1-7-3-4-9(13-5-7)15-10(12)8(6-14-15)11(16)17-2/h3-6H,12H2,1-2H3. The summed E-state index contributed by atoms with van der Waals surface area (Å²) < 4.78 is 5.99. The fraction of sp³-hybridized carbons (Fsp3) is 0.182. The van der Waals surface area contributed by atoms with Crippen molar-refractivity contribution in [2.45, 2.75) is 6.92 Å². The van der Waals surface area contributed by atoms with E-state index in [1.165, 1.54) is 18.0 Å². The predicted octanol–water partition coefficient (Wildman–Crippen LogP) is 0.945. The molecule has 0 aromatic carbocycles. The molecule has 0 unspecified atom stereocenters. The van der Waals surface area contributed by atoms with Gasteiger partial charge in [0.1, 0.15) is 11.4 Å². The summed E-state index contributed by atoms with van der Waals surface area (Å²) in [4.78, 5) is 15.5. The summed E-state index contributed by atoms with van der Waals surface area (Å²) in [6.45, 7) is 1.93. The normalized spacial score (nSPS) is 10.2. The van der Waals surface area contributed by atoms with Crippen molar-refractivity contribution in [1.82, 2.24) is 14.8 Å². The van der Waals surface area contributed by atoms with Gasteiger partial charge in [-0.15, -0.1) is 0 Å². The van der Waals surface area contributed by atoms with Crippen LogP contribution < -0.4 is 5.73 Å². The van der Waals surface area contributed by atoms with Crippen LogP contribution in [0.4, 0.5) is 5.82 Å². The highest BCUT2D eigenvalue weighted by molar-refractivity contribution is 5.94. The maximum absolute atomic E-state index is 11.4. The van der Waals surface area contributed by atoms with Crippen molar-refractivity contribution in [1.29, 1.82) is 0 Å². The third kappa shape index (κ3) is 1.96. The van der Waals surface area contributed by atoms with Gasteiger partial charge in [0.25, 0.3) is 0 Å². The van der Waals surface area contributed by atoms with E-state index in [-0.39, 0.29) is 11.4 Å². The number of ether oxygens (including phenoxy) is 1. The van der Waals surface area contributed by atoms with Gasteiger partial charge < -0.3 is 10.5 Å². The minimum atomic E-state index is -0.513. The second-order valence-electron chi connectivity index (χ2n) is 3.54. The molecule has 2 N–H and O–H groups in total. The number of nitrogens with two attached hydrogens (primary N) is 1. The molecule has 0 spiro atoms. The minimum absolute atomic E-state index is 0.216. The summed E-state index contributed by atoms with van der Waals surface area (Å²) in [6.07, 6.45) is 3.07. The number of hydrogen-bond donors (Lipinski definition) is 1. The van der Waals surface area contributed by atoms with E-state index < -0.39 is 5.97 Å². The van der Waals surface area contributed by atoms with Crippen molar-refractivity contribution in [3.8, 4) is 5.82 Å². The van der Waals surface area contributed by atoms with Crippen LogP contribution in [0.5, 0.6) is 0 Å². The van der Waals surface area contributed by atoms with Crippen LogP contribution in [-0.4, -0.2) is 27.8 Å². The molecule has 0 aliphatic heterocycles. The molecule has 6 nitrogen and oxygen atoms in total. The van der Waals surface area contributed by atoms with E-state index in [2.05, 4.69) is 14.8 Å². The fourth-order valence-electron chi connectivity index (χ4n) is 1.39. The highest BCUT2D eigenvalue weighted by Crippen LogP contribution is 2.16. The first kappa shape index (κ1) is 11.1. The molecule has 2 heterocycles. The van der Waals surface area contributed by atoms with Crippen LogP contribution in [0.25, 0.3) is 5.82 Å². The van der Waals surface area contributed by atoms with Crippen molar-refractivity contribution in [2.75, 3.05) is 12.8 Å². The lowest BCUT2D eigenvalue weighted by molar-refractivity contribution is 0.0602. The van der Waals surface area contributed by atoms with Crippen molar-refractivity contribution >= 4 is 11.8 Å². The lowest BCUT2D eigenvalue weighted by Gasteiger charge is -2.03. The number of hydrogen-bond acceptors (Lipinski definition) is 5. The van der Waals surface area contributed by atoms with Gasteiger partial charge in [-0.25, -0.2) is 9.78 Å². The molecule has 0 aliphatic rings. The topological polar surface area (TPSA) is 83.0 Å². The second kappa shape index (κ2) is 4.25. The molecule has 88 valence electrons. The van der Waals surface area contributed by atoms with E-state index >= 15 is 0 Å². The SMILES string of the molecule is COC(=O)c1cnn(-c2ccc(C)cn2)c1N. The molecule has 0 saturated carbocycles. The summed E-state index contributed by atoms with van der Waals surface area (Å²) >= 11 is 0. The van der Waals surface area contributed by atoms with E-state index in [0.717, 1.165) is 5.56 Å². The molecule has 6 heteroatoms. The number of methoxy groups -OCH3 is 1. The average Bonchev–Trinajstić information content (AvgIpc) is 2.71. The molecule has 2 aromatic rings. The number of nitrogen functional groups attached to an aromatic ring is 1. The molecule has 2 rings (SSSR count). The maximum atomic E-state index is 11.4. The van der Waals surface area contributed by atoms with Crippen molar-refractivity contribution in [3.05, 3.63) is 35.7 Å². The molecule has 0 bridgehead atoms. The van der Waals surface area contributed by atoms with E-state index in [9.17, 15) is 4.79 Å². The van der Waals surface area contributed by atoms with Crippen LogP contribution >= 0.6 is 0 Å². The Balaban J connectivity index is 2.44. The fourth-order valence-corrected chi connectivity index (χ4v) is 1.39. The quantitative estimate of drug-likeness (QED) is 0.779. The first-order chi connectivity index (χ1) is 8.13. The molecular formula is C11H12N4O2.